The predicted molar refractivity (Wildman–Crippen MR) is 34.0 cm³/mol. The summed E-state index contributed by atoms with van der Waals surface area (Å²) in [6.07, 6.45) is 4.82. The van der Waals surface area contributed by atoms with Crippen LogP contribution in [0.3, 0.4) is 0 Å². The minimum atomic E-state index is 0. The Hall–Kier alpha value is 1.10. The molecule has 0 unspecified atom stereocenters. The second kappa shape index (κ2) is 8.10. The maximum absolute atomic E-state index is 2.32. The van der Waals surface area contributed by atoms with E-state index in [-0.39, 0.29) is 32.7 Å². The first-order valence-corrected chi connectivity index (χ1v) is 3.09. The number of hydrogen-bond donors (Lipinski definition) is 0. The first kappa shape index (κ1) is 11.8. The Labute approximate surface area is 78.3 Å². The molecule has 0 aromatic carbocycles. The molecule has 47 valence electrons. The Morgan fingerprint density at radius 3 is 2.00 bits per heavy atom. The van der Waals surface area contributed by atoms with E-state index in [4.69, 9.17) is 0 Å². The smallest absolute Gasteiger partial charge is 0 e. The van der Waals surface area contributed by atoms with E-state index >= 15 is 0 Å². The standard InChI is InChI=1S/C7H15.Y/c1-4-5-6-7(2)3;/h5,7H,4,6H2,1-3H3;/q-1;. The molecule has 0 bridgehead atoms. The molecule has 1 radical (unpaired) electrons. The van der Waals surface area contributed by atoms with Gasteiger partial charge in [-0.2, -0.15) is 12.8 Å². The Kier molecular flexibility index (Phi) is 12.0. The van der Waals surface area contributed by atoms with E-state index in [1.165, 1.54) is 12.8 Å². The fraction of sp³-hybridized carbons (Fsp3) is 0.857. The SMILES string of the molecule is CC[CH-]CC(C)C.[Y]. The van der Waals surface area contributed by atoms with Gasteiger partial charge in [0.05, 0.1) is 0 Å². The van der Waals surface area contributed by atoms with Crippen LogP contribution in [0.25, 0.3) is 0 Å². The maximum atomic E-state index is 2.32. The third kappa shape index (κ3) is 10.2. The molecule has 0 nitrogen and oxygen atoms in total. The Morgan fingerprint density at radius 2 is 1.88 bits per heavy atom. The molecule has 0 heterocycles. The Balaban J connectivity index is 0. The molecule has 0 aromatic heterocycles. The van der Waals surface area contributed by atoms with Gasteiger partial charge in [0.15, 0.2) is 0 Å². The van der Waals surface area contributed by atoms with Gasteiger partial charge in [0.2, 0.25) is 0 Å². The molecule has 8 heavy (non-hydrogen) atoms. The van der Waals surface area contributed by atoms with Crippen LogP contribution < -0.4 is 0 Å². The van der Waals surface area contributed by atoms with Gasteiger partial charge >= 0.3 is 0 Å². The van der Waals surface area contributed by atoms with Crippen molar-refractivity contribution in [1.82, 2.24) is 0 Å². The van der Waals surface area contributed by atoms with Crippen molar-refractivity contribution in [3.8, 4) is 0 Å². The topological polar surface area (TPSA) is 0 Å². The van der Waals surface area contributed by atoms with Crippen LogP contribution in [0.1, 0.15) is 33.6 Å². The van der Waals surface area contributed by atoms with Crippen molar-refractivity contribution in [3.63, 3.8) is 0 Å². The average Bonchev–Trinajstić information content (AvgIpc) is 1.61. The van der Waals surface area contributed by atoms with E-state index in [1.807, 2.05) is 0 Å². The summed E-state index contributed by atoms with van der Waals surface area (Å²) in [6, 6.07) is 0. The molecule has 0 fully saturated rings. The van der Waals surface area contributed by atoms with Crippen molar-refractivity contribution in [3.05, 3.63) is 6.42 Å². The van der Waals surface area contributed by atoms with Crippen LogP contribution in [0, 0.1) is 12.3 Å². The first-order chi connectivity index (χ1) is 3.27. The molecule has 0 saturated carbocycles. The van der Waals surface area contributed by atoms with E-state index in [1.54, 1.807) is 0 Å². The van der Waals surface area contributed by atoms with Gasteiger partial charge in [-0.15, -0.1) is 0 Å². The third-order valence-corrected chi connectivity index (χ3v) is 0.927. The summed E-state index contributed by atoms with van der Waals surface area (Å²) in [5.41, 5.74) is 0. The Morgan fingerprint density at radius 1 is 1.38 bits per heavy atom. The van der Waals surface area contributed by atoms with E-state index in [9.17, 15) is 0 Å². The molecule has 0 aromatic rings. The van der Waals surface area contributed by atoms with E-state index in [0.29, 0.717) is 0 Å². The molecular formula is C7H15Y-. The fourth-order valence-electron chi connectivity index (χ4n) is 0.500. The van der Waals surface area contributed by atoms with E-state index < -0.39 is 0 Å². The quantitative estimate of drug-likeness (QED) is 0.597. The summed E-state index contributed by atoms with van der Waals surface area (Å²) in [5, 5.41) is 0. The van der Waals surface area contributed by atoms with Crippen LogP contribution in [0.2, 0.25) is 0 Å². The molecule has 0 aliphatic carbocycles. The van der Waals surface area contributed by atoms with Crippen molar-refractivity contribution in [2.45, 2.75) is 33.6 Å². The van der Waals surface area contributed by atoms with E-state index in [2.05, 4.69) is 27.2 Å². The van der Waals surface area contributed by atoms with Gasteiger partial charge in [-0.1, -0.05) is 26.7 Å². The molecule has 0 aliphatic rings. The van der Waals surface area contributed by atoms with Crippen LogP contribution >= 0.6 is 0 Å². The van der Waals surface area contributed by atoms with Crippen LogP contribution in [0.4, 0.5) is 0 Å². The first-order valence-electron chi connectivity index (χ1n) is 3.09. The maximum Gasteiger partial charge on any atom is 0 e. The average molecular weight is 188 g/mol. The molecule has 0 amide bonds. The summed E-state index contributed by atoms with van der Waals surface area (Å²) in [6.45, 7) is 6.67. The second-order valence-corrected chi connectivity index (χ2v) is 2.33. The van der Waals surface area contributed by atoms with Crippen molar-refractivity contribution in [1.29, 1.82) is 0 Å². The molecule has 0 spiro atoms. The molecule has 0 rings (SSSR count). The molecule has 0 aliphatic heterocycles. The summed E-state index contributed by atoms with van der Waals surface area (Å²) >= 11 is 0. The normalized spacial score (nSPS) is 9.00. The van der Waals surface area contributed by atoms with Gasteiger partial charge in [-0.3, -0.25) is 0 Å². The van der Waals surface area contributed by atoms with Crippen LogP contribution in [0.5, 0.6) is 0 Å². The number of hydrogen-bond acceptors (Lipinski definition) is 0. The minimum Gasteiger partial charge on any atom is -0.329 e. The monoisotopic (exact) mass is 188 g/mol. The van der Waals surface area contributed by atoms with Gasteiger partial charge in [-0.05, 0) is 0 Å². The molecule has 0 saturated heterocycles. The Bertz CT molecular complexity index is 33.4. The minimum absolute atomic E-state index is 0. The largest absolute Gasteiger partial charge is 0.329 e. The zero-order valence-electron chi connectivity index (χ0n) is 6.15. The van der Waals surface area contributed by atoms with Gasteiger partial charge in [0, 0.05) is 32.7 Å². The number of rotatable bonds is 3. The summed E-state index contributed by atoms with van der Waals surface area (Å²) in [7, 11) is 0. The second-order valence-electron chi connectivity index (χ2n) is 2.33. The van der Waals surface area contributed by atoms with Gasteiger partial charge < -0.3 is 6.42 Å². The van der Waals surface area contributed by atoms with E-state index in [0.717, 1.165) is 5.92 Å². The van der Waals surface area contributed by atoms with Gasteiger partial charge in [-0.25, -0.2) is 0 Å². The zero-order chi connectivity index (χ0) is 5.70. The van der Waals surface area contributed by atoms with Crippen molar-refractivity contribution in [2.75, 3.05) is 0 Å². The van der Waals surface area contributed by atoms with Crippen molar-refractivity contribution < 1.29 is 32.7 Å². The third-order valence-electron chi connectivity index (χ3n) is 0.927. The molecule has 0 N–H and O–H groups in total. The van der Waals surface area contributed by atoms with Crippen LogP contribution in [0.15, 0.2) is 0 Å². The predicted octanol–water partition coefficient (Wildman–Crippen LogP) is 2.64. The van der Waals surface area contributed by atoms with Gasteiger partial charge in [0.25, 0.3) is 0 Å². The molecule has 0 atom stereocenters. The van der Waals surface area contributed by atoms with Gasteiger partial charge in [0.1, 0.15) is 0 Å². The van der Waals surface area contributed by atoms with Crippen molar-refractivity contribution >= 4 is 0 Å². The molecular weight excluding hydrogens is 173 g/mol. The van der Waals surface area contributed by atoms with Crippen LogP contribution in [-0.4, -0.2) is 0 Å². The molecule has 1 heteroatoms. The summed E-state index contributed by atoms with van der Waals surface area (Å²) in [5.74, 6) is 0.847. The number of unbranched alkanes of at least 4 members (excludes halogenated alkanes) is 1. The summed E-state index contributed by atoms with van der Waals surface area (Å²) < 4.78 is 0. The zero-order valence-corrected chi connectivity index (χ0v) is 8.98. The van der Waals surface area contributed by atoms with Crippen LogP contribution in [-0.2, 0) is 32.7 Å². The summed E-state index contributed by atoms with van der Waals surface area (Å²) in [4.78, 5) is 0. The van der Waals surface area contributed by atoms with Crippen molar-refractivity contribution in [2.24, 2.45) is 5.92 Å². The fourth-order valence-corrected chi connectivity index (χ4v) is 0.500.